The summed E-state index contributed by atoms with van der Waals surface area (Å²) >= 11 is 0. The highest BCUT2D eigenvalue weighted by molar-refractivity contribution is 5.95. The normalized spacial score (nSPS) is 10.6. The smallest absolute Gasteiger partial charge is 0.255 e. The lowest BCUT2D eigenvalue weighted by Crippen LogP contribution is -2.24. The number of nitrogens with zero attached hydrogens (tertiary/aromatic N) is 3. The Balaban J connectivity index is 1.84. The summed E-state index contributed by atoms with van der Waals surface area (Å²) in [5, 5.41) is 7.20. The van der Waals surface area contributed by atoms with E-state index in [0.717, 1.165) is 17.7 Å². The predicted octanol–water partition coefficient (Wildman–Crippen LogP) is 3.29. The molecule has 0 aliphatic heterocycles. The molecule has 3 aromatic rings. The van der Waals surface area contributed by atoms with Crippen molar-refractivity contribution in [2.45, 2.75) is 26.3 Å². The van der Waals surface area contributed by atoms with Crippen LogP contribution in [0.4, 0.5) is 4.39 Å². The number of hydrogen-bond acceptors (Lipinski definition) is 3. The first-order valence-corrected chi connectivity index (χ1v) is 8.19. The van der Waals surface area contributed by atoms with E-state index in [0.29, 0.717) is 24.2 Å². The van der Waals surface area contributed by atoms with E-state index in [-0.39, 0.29) is 11.7 Å². The second kappa shape index (κ2) is 7.70. The van der Waals surface area contributed by atoms with Crippen LogP contribution in [0.15, 0.2) is 55.0 Å². The third kappa shape index (κ3) is 3.91. The highest BCUT2D eigenvalue weighted by Crippen LogP contribution is 2.18. The van der Waals surface area contributed by atoms with E-state index in [2.05, 4.69) is 15.4 Å². The van der Waals surface area contributed by atoms with Crippen LogP contribution in [0, 0.1) is 5.82 Å². The van der Waals surface area contributed by atoms with Crippen LogP contribution in [0.2, 0.25) is 0 Å². The molecule has 1 amide bonds. The zero-order valence-electron chi connectivity index (χ0n) is 13.9. The summed E-state index contributed by atoms with van der Waals surface area (Å²) in [6.07, 6.45) is 6.44. The molecule has 0 fully saturated rings. The van der Waals surface area contributed by atoms with Gasteiger partial charge in [0.1, 0.15) is 5.82 Å². The van der Waals surface area contributed by atoms with Gasteiger partial charge in [0.15, 0.2) is 0 Å². The molecule has 128 valence electrons. The molecule has 0 atom stereocenters. The number of halogens is 1. The number of hydrogen-bond donors (Lipinski definition) is 1. The summed E-state index contributed by atoms with van der Waals surface area (Å²) in [4.78, 5) is 16.5. The second-order valence-electron chi connectivity index (χ2n) is 5.68. The molecule has 0 saturated carbocycles. The number of nitrogens with one attached hydrogen (secondary N) is 1. The van der Waals surface area contributed by atoms with Gasteiger partial charge in [-0.3, -0.25) is 9.78 Å². The number of benzene rings is 1. The van der Waals surface area contributed by atoms with Crippen molar-refractivity contribution in [2.75, 3.05) is 0 Å². The quantitative estimate of drug-likeness (QED) is 0.750. The van der Waals surface area contributed by atoms with Crippen molar-refractivity contribution in [1.29, 1.82) is 0 Å². The third-order valence-electron chi connectivity index (χ3n) is 3.86. The van der Waals surface area contributed by atoms with Crippen LogP contribution in [0.25, 0.3) is 5.69 Å². The first-order chi connectivity index (χ1) is 12.2. The van der Waals surface area contributed by atoms with Gasteiger partial charge in [0, 0.05) is 18.9 Å². The van der Waals surface area contributed by atoms with Crippen molar-refractivity contribution in [3.63, 3.8) is 0 Å². The van der Waals surface area contributed by atoms with Gasteiger partial charge in [0.05, 0.1) is 23.1 Å². The molecule has 3 rings (SSSR count). The Morgan fingerprint density at radius 3 is 2.76 bits per heavy atom. The van der Waals surface area contributed by atoms with E-state index in [1.807, 2.05) is 19.1 Å². The highest BCUT2D eigenvalue weighted by atomic mass is 19.1. The van der Waals surface area contributed by atoms with Crippen molar-refractivity contribution in [1.82, 2.24) is 20.1 Å². The fourth-order valence-corrected chi connectivity index (χ4v) is 2.65. The number of carbonyl (C=O) groups is 1. The van der Waals surface area contributed by atoms with Gasteiger partial charge in [0.25, 0.3) is 5.91 Å². The van der Waals surface area contributed by atoms with Crippen molar-refractivity contribution in [2.24, 2.45) is 0 Å². The van der Waals surface area contributed by atoms with Gasteiger partial charge in [-0.05, 0) is 42.3 Å². The van der Waals surface area contributed by atoms with Crippen molar-refractivity contribution >= 4 is 5.91 Å². The van der Waals surface area contributed by atoms with Gasteiger partial charge in [0.2, 0.25) is 0 Å². The van der Waals surface area contributed by atoms with Gasteiger partial charge in [-0.1, -0.05) is 19.4 Å². The minimum Gasteiger partial charge on any atom is -0.348 e. The maximum atomic E-state index is 13.5. The molecule has 25 heavy (non-hydrogen) atoms. The lowest BCUT2D eigenvalue weighted by molar-refractivity contribution is 0.0950. The van der Waals surface area contributed by atoms with Crippen LogP contribution < -0.4 is 5.32 Å². The predicted molar refractivity (Wildman–Crippen MR) is 92.9 cm³/mol. The number of amides is 1. The van der Waals surface area contributed by atoms with Crippen molar-refractivity contribution < 1.29 is 9.18 Å². The first kappa shape index (κ1) is 16.8. The van der Waals surface area contributed by atoms with Crippen LogP contribution in [-0.2, 0) is 13.0 Å². The average Bonchev–Trinajstić information content (AvgIpc) is 3.05. The first-order valence-electron chi connectivity index (χ1n) is 8.19. The number of pyridine rings is 1. The van der Waals surface area contributed by atoms with E-state index in [1.54, 1.807) is 29.2 Å². The summed E-state index contributed by atoms with van der Waals surface area (Å²) in [7, 11) is 0. The van der Waals surface area contributed by atoms with Gasteiger partial charge in [-0.15, -0.1) is 0 Å². The van der Waals surface area contributed by atoms with E-state index >= 15 is 0 Å². The van der Waals surface area contributed by atoms with Crippen LogP contribution >= 0.6 is 0 Å². The molecule has 0 radical (unpaired) electrons. The van der Waals surface area contributed by atoms with E-state index < -0.39 is 0 Å². The van der Waals surface area contributed by atoms with Crippen molar-refractivity contribution in [3.8, 4) is 5.69 Å². The monoisotopic (exact) mass is 338 g/mol. The van der Waals surface area contributed by atoms with Gasteiger partial charge >= 0.3 is 0 Å². The molecule has 0 spiro atoms. The zero-order valence-corrected chi connectivity index (χ0v) is 13.9. The van der Waals surface area contributed by atoms with E-state index in [1.165, 1.54) is 18.3 Å². The summed E-state index contributed by atoms with van der Waals surface area (Å²) in [5.41, 5.74) is 2.87. The molecule has 5 nitrogen and oxygen atoms in total. The average molecular weight is 338 g/mol. The van der Waals surface area contributed by atoms with E-state index in [9.17, 15) is 9.18 Å². The molecule has 0 aliphatic carbocycles. The maximum absolute atomic E-state index is 13.5. The second-order valence-corrected chi connectivity index (χ2v) is 5.68. The molecule has 0 unspecified atom stereocenters. The molecular weight excluding hydrogens is 319 g/mol. The van der Waals surface area contributed by atoms with Gasteiger partial charge in [-0.25, -0.2) is 9.07 Å². The Labute approximate surface area is 145 Å². The minimum atomic E-state index is -0.334. The van der Waals surface area contributed by atoms with E-state index in [4.69, 9.17) is 0 Å². The molecule has 0 aliphatic rings. The fourth-order valence-electron chi connectivity index (χ4n) is 2.65. The number of rotatable bonds is 6. The maximum Gasteiger partial charge on any atom is 0.255 e. The topological polar surface area (TPSA) is 59.8 Å². The Kier molecular flexibility index (Phi) is 5.18. The zero-order chi connectivity index (χ0) is 17.6. The Morgan fingerprint density at radius 1 is 1.24 bits per heavy atom. The third-order valence-corrected chi connectivity index (χ3v) is 3.86. The molecule has 6 heteroatoms. The fraction of sp³-hybridized carbons (Fsp3) is 0.211. The standard InChI is InChI=1S/C19H19FN4O/c1-2-4-18-17(19(25)22-12-14-7-9-21-10-8-14)13-23-24(18)16-6-3-5-15(20)11-16/h3,5-11,13H,2,4,12H2,1H3,(H,22,25). The van der Waals surface area contributed by atoms with Gasteiger partial charge < -0.3 is 5.32 Å². The Morgan fingerprint density at radius 2 is 2.04 bits per heavy atom. The molecule has 1 aromatic carbocycles. The molecule has 2 aromatic heterocycles. The van der Waals surface area contributed by atoms with Crippen LogP contribution in [-0.4, -0.2) is 20.7 Å². The number of aromatic nitrogens is 3. The largest absolute Gasteiger partial charge is 0.348 e. The lowest BCUT2D eigenvalue weighted by atomic mass is 10.1. The summed E-state index contributed by atoms with van der Waals surface area (Å²) in [6.45, 7) is 2.44. The molecular formula is C19H19FN4O. The molecule has 1 N–H and O–H groups in total. The molecule has 2 heterocycles. The summed E-state index contributed by atoms with van der Waals surface area (Å²) in [6, 6.07) is 9.89. The van der Waals surface area contributed by atoms with Crippen LogP contribution in [0.3, 0.4) is 0 Å². The SMILES string of the molecule is CCCc1c(C(=O)NCc2ccncc2)cnn1-c1cccc(F)c1. The minimum absolute atomic E-state index is 0.192. The van der Waals surface area contributed by atoms with Gasteiger partial charge in [-0.2, -0.15) is 5.10 Å². The van der Waals surface area contributed by atoms with Crippen LogP contribution in [0.1, 0.15) is 35.0 Å². The molecule has 0 saturated heterocycles. The lowest BCUT2D eigenvalue weighted by Gasteiger charge is -2.10. The highest BCUT2D eigenvalue weighted by Gasteiger charge is 2.18. The Hall–Kier alpha value is -3.02. The Bertz CT molecular complexity index is 861. The van der Waals surface area contributed by atoms with Crippen LogP contribution in [0.5, 0.6) is 0 Å². The number of carbonyl (C=O) groups excluding carboxylic acids is 1. The molecule has 0 bridgehead atoms. The van der Waals surface area contributed by atoms with Crippen molar-refractivity contribution in [3.05, 3.63) is 77.6 Å². The summed E-state index contributed by atoms with van der Waals surface area (Å²) in [5.74, 6) is -0.526. The summed E-state index contributed by atoms with van der Waals surface area (Å²) < 4.78 is 15.2.